The lowest BCUT2D eigenvalue weighted by atomic mass is 10.5. The van der Waals surface area contributed by atoms with Gasteiger partial charge in [-0.15, -0.1) is 21.5 Å². The van der Waals surface area contributed by atoms with Crippen LogP contribution in [0.25, 0.3) is 10.7 Å². The quantitative estimate of drug-likeness (QED) is 0.864. The van der Waals surface area contributed by atoms with Crippen molar-refractivity contribution in [2.75, 3.05) is 0 Å². The Bertz CT molecular complexity index is 517. The van der Waals surface area contributed by atoms with E-state index in [4.69, 9.17) is 0 Å². The van der Waals surface area contributed by atoms with E-state index in [0.717, 1.165) is 17.7 Å². The summed E-state index contributed by atoms with van der Waals surface area (Å²) in [5.74, 6) is 0.516. The Morgan fingerprint density at radius 1 is 1.59 bits per heavy atom. The molecule has 1 aliphatic carbocycles. The van der Waals surface area contributed by atoms with E-state index in [9.17, 15) is 4.79 Å². The topological polar surface area (TPSA) is 72.7 Å². The smallest absolute Gasteiger partial charge is 0.243 e. The molecule has 1 N–H and O–H groups in total. The fourth-order valence-corrected chi connectivity index (χ4v) is 2.09. The number of nitrogens with one attached hydrogen (secondary N) is 1. The third-order valence-electron chi connectivity index (χ3n) is 2.42. The maximum absolute atomic E-state index is 11.5. The maximum Gasteiger partial charge on any atom is 0.243 e. The van der Waals surface area contributed by atoms with Crippen LogP contribution in [0.15, 0.2) is 17.5 Å². The van der Waals surface area contributed by atoms with Crippen molar-refractivity contribution < 1.29 is 4.79 Å². The molecule has 0 aromatic carbocycles. The monoisotopic (exact) mass is 249 g/mol. The number of hydrogen-bond donors (Lipinski definition) is 1. The minimum Gasteiger partial charge on any atom is -0.352 e. The second kappa shape index (κ2) is 4.25. The predicted molar refractivity (Wildman–Crippen MR) is 62.3 cm³/mol. The first-order valence-corrected chi connectivity index (χ1v) is 6.30. The number of nitrogens with zero attached hydrogens (tertiary/aromatic N) is 4. The molecule has 1 aliphatic rings. The van der Waals surface area contributed by atoms with Crippen LogP contribution in [0.3, 0.4) is 0 Å². The molecule has 6 nitrogen and oxygen atoms in total. The molecule has 0 aliphatic heterocycles. The van der Waals surface area contributed by atoms with E-state index in [1.165, 1.54) is 4.80 Å². The van der Waals surface area contributed by atoms with Gasteiger partial charge in [0.25, 0.3) is 0 Å². The summed E-state index contributed by atoms with van der Waals surface area (Å²) >= 11 is 1.55. The van der Waals surface area contributed by atoms with Gasteiger partial charge in [0.05, 0.1) is 4.88 Å². The van der Waals surface area contributed by atoms with Crippen molar-refractivity contribution >= 4 is 17.2 Å². The average molecular weight is 249 g/mol. The Labute approximate surface area is 102 Å². The number of carbonyl (C=O) groups excluding carboxylic acids is 1. The Morgan fingerprint density at radius 3 is 3.18 bits per heavy atom. The van der Waals surface area contributed by atoms with Gasteiger partial charge in [-0.1, -0.05) is 6.07 Å². The molecule has 2 heterocycles. The van der Waals surface area contributed by atoms with E-state index in [1.54, 1.807) is 11.3 Å². The molecule has 1 fully saturated rings. The highest BCUT2D eigenvalue weighted by molar-refractivity contribution is 7.13. The molecule has 3 rings (SSSR count). The summed E-state index contributed by atoms with van der Waals surface area (Å²) in [5.41, 5.74) is 0. The minimum absolute atomic E-state index is 0.0531. The zero-order valence-corrected chi connectivity index (χ0v) is 9.85. The number of amides is 1. The molecule has 2 aromatic heterocycles. The second-order valence-electron chi connectivity index (χ2n) is 3.96. The highest BCUT2D eigenvalue weighted by atomic mass is 32.1. The Balaban J connectivity index is 1.65. The van der Waals surface area contributed by atoms with Crippen molar-refractivity contribution in [3.63, 3.8) is 0 Å². The van der Waals surface area contributed by atoms with Gasteiger partial charge in [-0.3, -0.25) is 4.79 Å². The Morgan fingerprint density at radius 2 is 2.47 bits per heavy atom. The van der Waals surface area contributed by atoms with Crippen LogP contribution in [-0.4, -0.2) is 32.2 Å². The third-order valence-corrected chi connectivity index (χ3v) is 3.29. The van der Waals surface area contributed by atoms with E-state index in [-0.39, 0.29) is 12.5 Å². The van der Waals surface area contributed by atoms with Crippen molar-refractivity contribution in [3.8, 4) is 10.7 Å². The van der Waals surface area contributed by atoms with E-state index < -0.39 is 0 Å². The van der Waals surface area contributed by atoms with Crippen molar-refractivity contribution in [3.05, 3.63) is 17.5 Å². The molecule has 1 saturated carbocycles. The summed E-state index contributed by atoms with van der Waals surface area (Å²) in [4.78, 5) is 13.8. The van der Waals surface area contributed by atoms with Crippen LogP contribution in [-0.2, 0) is 11.3 Å². The normalized spacial score (nSPS) is 14.8. The molecule has 1 amide bonds. The highest BCUT2D eigenvalue weighted by Gasteiger charge is 2.23. The van der Waals surface area contributed by atoms with E-state index in [0.29, 0.717) is 11.9 Å². The largest absolute Gasteiger partial charge is 0.352 e. The molecule has 17 heavy (non-hydrogen) atoms. The summed E-state index contributed by atoms with van der Waals surface area (Å²) < 4.78 is 0. The van der Waals surface area contributed by atoms with Gasteiger partial charge in [0.2, 0.25) is 11.7 Å². The molecule has 88 valence electrons. The van der Waals surface area contributed by atoms with Crippen molar-refractivity contribution in [1.29, 1.82) is 0 Å². The molecule has 2 aromatic rings. The summed E-state index contributed by atoms with van der Waals surface area (Å²) in [6.45, 7) is 0.134. The fourth-order valence-electron chi connectivity index (χ4n) is 1.44. The number of aromatic nitrogens is 4. The molecule has 0 atom stereocenters. The Hall–Kier alpha value is -1.76. The lowest BCUT2D eigenvalue weighted by molar-refractivity contribution is -0.122. The average Bonchev–Trinajstić information content (AvgIpc) is 2.84. The summed E-state index contributed by atoms with van der Waals surface area (Å²) in [6, 6.07) is 4.22. The van der Waals surface area contributed by atoms with Crippen LogP contribution < -0.4 is 5.32 Å². The van der Waals surface area contributed by atoms with Gasteiger partial charge in [-0.05, 0) is 29.5 Å². The van der Waals surface area contributed by atoms with Crippen LogP contribution in [0.4, 0.5) is 0 Å². The second-order valence-corrected chi connectivity index (χ2v) is 4.91. The molecular weight excluding hydrogens is 238 g/mol. The minimum atomic E-state index is -0.0531. The van der Waals surface area contributed by atoms with Gasteiger partial charge in [-0.25, -0.2) is 0 Å². The first-order chi connectivity index (χ1) is 8.31. The van der Waals surface area contributed by atoms with Crippen LogP contribution in [0.1, 0.15) is 12.8 Å². The summed E-state index contributed by atoms with van der Waals surface area (Å²) in [6.07, 6.45) is 2.16. The molecule has 0 bridgehead atoms. The van der Waals surface area contributed by atoms with Gasteiger partial charge < -0.3 is 5.32 Å². The van der Waals surface area contributed by atoms with Crippen molar-refractivity contribution in [1.82, 2.24) is 25.5 Å². The number of thiophene rings is 1. The molecule has 7 heteroatoms. The lowest BCUT2D eigenvalue weighted by Gasteiger charge is -2.00. The van der Waals surface area contributed by atoms with Gasteiger partial charge in [0.15, 0.2) is 0 Å². The van der Waals surface area contributed by atoms with Gasteiger partial charge >= 0.3 is 0 Å². The number of carbonyl (C=O) groups is 1. The predicted octanol–water partition coefficient (Wildman–Crippen LogP) is 0.680. The van der Waals surface area contributed by atoms with Crippen LogP contribution in [0, 0.1) is 0 Å². The van der Waals surface area contributed by atoms with Crippen molar-refractivity contribution in [2.45, 2.75) is 25.4 Å². The van der Waals surface area contributed by atoms with Crippen LogP contribution in [0.5, 0.6) is 0 Å². The van der Waals surface area contributed by atoms with Gasteiger partial charge in [0.1, 0.15) is 6.54 Å². The zero-order valence-electron chi connectivity index (χ0n) is 9.04. The molecular formula is C10H11N5OS. The van der Waals surface area contributed by atoms with Crippen LogP contribution in [0.2, 0.25) is 0 Å². The number of rotatable bonds is 4. The standard InChI is InChI=1S/C10H11N5OS/c16-9(11-7-3-4-7)6-15-13-10(12-14-15)8-2-1-5-17-8/h1-2,5,7H,3-4,6H2,(H,11,16). The van der Waals surface area contributed by atoms with Gasteiger partial charge in [-0.2, -0.15) is 4.80 Å². The lowest BCUT2D eigenvalue weighted by Crippen LogP contribution is -2.30. The molecule has 0 radical (unpaired) electrons. The zero-order chi connectivity index (χ0) is 11.7. The Kier molecular flexibility index (Phi) is 2.60. The van der Waals surface area contributed by atoms with E-state index in [2.05, 4.69) is 20.7 Å². The molecule has 0 spiro atoms. The summed E-state index contributed by atoms with van der Waals surface area (Å²) in [7, 11) is 0. The number of hydrogen-bond acceptors (Lipinski definition) is 5. The first kappa shape index (κ1) is 10.4. The van der Waals surface area contributed by atoms with Crippen LogP contribution >= 0.6 is 11.3 Å². The van der Waals surface area contributed by atoms with Gasteiger partial charge in [0, 0.05) is 6.04 Å². The number of tetrazole rings is 1. The van der Waals surface area contributed by atoms with E-state index in [1.807, 2.05) is 17.5 Å². The van der Waals surface area contributed by atoms with Crippen molar-refractivity contribution in [2.24, 2.45) is 0 Å². The third kappa shape index (κ3) is 2.50. The fraction of sp³-hybridized carbons (Fsp3) is 0.400. The highest BCUT2D eigenvalue weighted by Crippen LogP contribution is 2.20. The summed E-state index contributed by atoms with van der Waals surface area (Å²) in [5, 5.41) is 16.8. The maximum atomic E-state index is 11.5. The SMILES string of the molecule is O=C(Cn1nnc(-c2cccs2)n1)NC1CC1. The van der Waals surface area contributed by atoms with E-state index >= 15 is 0 Å². The first-order valence-electron chi connectivity index (χ1n) is 5.42. The molecule has 0 unspecified atom stereocenters. The molecule has 0 saturated heterocycles.